The molecule has 16 heavy (non-hydrogen) atoms. The molecule has 0 fully saturated rings. The van der Waals surface area contributed by atoms with Crippen LogP contribution in [0.2, 0.25) is 0 Å². The van der Waals surface area contributed by atoms with Gasteiger partial charge in [-0.1, -0.05) is 0 Å². The molecule has 0 spiro atoms. The summed E-state index contributed by atoms with van der Waals surface area (Å²) in [5.74, 6) is 0.754. The molecular weight excluding hydrogens is 206 g/mol. The highest BCUT2D eigenvalue weighted by Crippen LogP contribution is 2.08. The smallest absolute Gasteiger partial charge is 0.246 e. The predicted octanol–water partition coefficient (Wildman–Crippen LogP) is 0.410. The molecule has 1 aromatic heterocycles. The number of nitrogens with one attached hydrogen (secondary N) is 1. The Morgan fingerprint density at radius 3 is 2.94 bits per heavy atom. The van der Waals surface area contributed by atoms with E-state index < -0.39 is 0 Å². The molecule has 0 radical (unpaired) electrons. The SMILES string of the molecule is COCC(=O)NCc1ccnc(N(C)C)c1. The molecule has 0 atom stereocenters. The van der Waals surface area contributed by atoms with E-state index in [-0.39, 0.29) is 12.5 Å². The Morgan fingerprint density at radius 2 is 2.31 bits per heavy atom. The number of hydrogen-bond donors (Lipinski definition) is 1. The van der Waals surface area contributed by atoms with E-state index in [4.69, 9.17) is 4.74 Å². The summed E-state index contributed by atoms with van der Waals surface area (Å²) < 4.78 is 4.72. The Hall–Kier alpha value is -1.62. The van der Waals surface area contributed by atoms with Crippen LogP contribution in [0.25, 0.3) is 0 Å². The van der Waals surface area contributed by atoms with Gasteiger partial charge in [0, 0.05) is 33.9 Å². The normalized spacial score (nSPS) is 9.94. The molecule has 5 nitrogen and oxygen atoms in total. The number of nitrogens with zero attached hydrogens (tertiary/aromatic N) is 2. The Morgan fingerprint density at radius 1 is 1.56 bits per heavy atom. The summed E-state index contributed by atoms with van der Waals surface area (Å²) in [6.07, 6.45) is 1.73. The van der Waals surface area contributed by atoms with E-state index >= 15 is 0 Å². The molecule has 0 aliphatic rings. The molecule has 0 saturated carbocycles. The van der Waals surface area contributed by atoms with Gasteiger partial charge in [0.05, 0.1) is 0 Å². The van der Waals surface area contributed by atoms with E-state index in [9.17, 15) is 4.79 Å². The van der Waals surface area contributed by atoms with Crippen molar-refractivity contribution in [3.63, 3.8) is 0 Å². The van der Waals surface area contributed by atoms with Gasteiger partial charge >= 0.3 is 0 Å². The van der Waals surface area contributed by atoms with E-state index in [1.54, 1.807) is 6.20 Å². The third-order valence-corrected chi connectivity index (χ3v) is 2.03. The van der Waals surface area contributed by atoms with Crippen molar-refractivity contribution < 1.29 is 9.53 Å². The molecule has 1 heterocycles. The first kappa shape index (κ1) is 12.4. The highest BCUT2D eigenvalue weighted by Gasteiger charge is 2.02. The van der Waals surface area contributed by atoms with Crippen LogP contribution in [-0.2, 0) is 16.1 Å². The van der Waals surface area contributed by atoms with Crippen molar-refractivity contribution in [2.45, 2.75) is 6.54 Å². The quantitative estimate of drug-likeness (QED) is 0.785. The van der Waals surface area contributed by atoms with Crippen LogP contribution in [0.15, 0.2) is 18.3 Å². The zero-order chi connectivity index (χ0) is 12.0. The van der Waals surface area contributed by atoms with E-state index in [2.05, 4.69) is 10.3 Å². The fourth-order valence-electron chi connectivity index (χ4n) is 1.20. The number of anilines is 1. The first-order valence-corrected chi connectivity index (χ1v) is 5.01. The largest absolute Gasteiger partial charge is 0.375 e. The van der Waals surface area contributed by atoms with Crippen molar-refractivity contribution in [3.05, 3.63) is 23.9 Å². The lowest BCUT2D eigenvalue weighted by atomic mass is 10.2. The second-order valence-corrected chi connectivity index (χ2v) is 3.63. The lowest BCUT2D eigenvalue weighted by molar-refractivity contribution is -0.124. The van der Waals surface area contributed by atoms with E-state index in [0.717, 1.165) is 11.4 Å². The third kappa shape index (κ3) is 3.86. The minimum absolute atomic E-state index is 0.0889. The summed E-state index contributed by atoms with van der Waals surface area (Å²) in [4.78, 5) is 17.3. The number of pyridine rings is 1. The van der Waals surface area contributed by atoms with Crippen molar-refractivity contribution in [1.29, 1.82) is 0 Å². The molecule has 1 amide bonds. The van der Waals surface area contributed by atoms with Crippen LogP contribution in [0, 0.1) is 0 Å². The Kier molecular flexibility index (Phi) is 4.72. The molecule has 0 unspecified atom stereocenters. The summed E-state index contributed by atoms with van der Waals surface area (Å²) >= 11 is 0. The van der Waals surface area contributed by atoms with Gasteiger partial charge in [-0.2, -0.15) is 0 Å². The first-order valence-electron chi connectivity index (χ1n) is 5.01. The maximum atomic E-state index is 11.2. The van der Waals surface area contributed by atoms with Crippen LogP contribution in [-0.4, -0.2) is 38.7 Å². The average Bonchev–Trinajstić information content (AvgIpc) is 2.27. The summed E-state index contributed by atoms with van der Waals surface area (Å²) in [7, 11) is 5.35. The van der Waals surface area contributed by atoms with Gasteiger partial charge in [-0.05, 0) is 17.7 Å². The maximum absolute atomic E-state index is 11.2. The number of ether oxygens (including phenoxy) is 1. The number of carbonyl (C=O) groups is 1. The van der Waals surface area contributed by atoms with Crippen LogP contribution < -0.4 is 10.2 Å². The van der Waals surface area contributed by atoms with Crippen LogP contribution >= 0.6 is 0 Å². The zero-order valence-electron chi connectivity index (χ0n) is 9.86. The van der Waals surface area contributed by atoms with Crippen molar-refractivity contribution in [2.24, 2.45) is 0 Å². The lowest BCUT2D eigenvalue weighted by Gasteiger charge is -2.12. The minimum Gasteiger partial charge on any atom is -0.375 e. The van der Waals surface area contributed by atoms with Gasteiger partial charge in [-0.3, -0.25) is 4.79 Å². The van der Waals surface area contributed by atoms with Gasteiger partial charge in [-0.15, -0.1) is 0 Å². The summed E-state index contributed by atoms with van der Waals surface area (Å²) in [6, 6.07) is 3.81. The summed E-state index contributed by atoms with van der Waals surface area (Å²) in [6.45, 7) is 0.581. The predicted molar refractivity (Wildman–Crippen MR) is 62.3 cm³/mol. The van der Waals surface area contributed by atoms with Gasteiger partial charge in [-0.25, -0.2) is 4.98 Å². The molecular formula is C11H17N3O2. The molecule has 0 bridgehead atoms. The van der Waals surface area contributed by atoms with Crippen LogP contribution in [0.3, 0.4) is 0 Å². The number of carbonyl (C=O) groups excluding carboxylic acids is 1. The number of aromatic nitrogens is 1. The molecule has 1 N–H and O–H groups in total. The van der Waals surface area contributed by atoms with Gasteiger partial charge in [0.1, 0.15) is 12.4 Å². The van der Waals surface area contributed by atoms with Crippen LogP contribution in [0.5, 0.6) is 0 Å². The Bertz CT molecular complexity index is 353. The highest BCUT2D eigenvalue weighted by atomic mass is 16.5. The Labute approximate surface area is 95.4 Å². The number of methoxy groups -OCH3 is 1. The first-order chi connectivity index (χ1) is 7.63. The fourth-order valence-corrected chi connectivity index (χ4v) is 1.20. The van der Waals surface area contributed by atoms with Gasteiger partial charge in [0.15, 0.2) is 0 Å². The molecule has 5 heteroatoms. The number of rotatable bonds is 5. The van der Waals surface area contributed by atoms with Crippen molar-refractivity contribution in [3.8, 4) is 0 Å². The van der Waals surface area contributed by atoms with E-state index in [1.807, 2.05) is 31.1 Å². The second kappa shape index (κ2) is 6.07. The monoisotopic (exact) mass is 223 g/mol. The molecule has 1 aromatic rings. The van der Waals surface area contributed by atoms with Crippen LogP contribution in [0.4, 0.5) is 5.82 Å². The van der Waals surface area contributed by atoms with Gasteiger partial charge in [0.2, 0.25) is 5.91 Å². The molecule has 0 saturated heterocycles. The highest BCUT2D eigenvalue weighted by molar-refractivity contribution is 5.77. The molecule has 0 aliphatic heterocycles. The van der Waals surface area contributed by atoms with Gasteiger partial charge < -0.3 is 15.0 Å². The van der Waals surface area contributed by atoms with Crippen molar-refractivity contribution in [2.75, 3.05) is 32.7 Å². The summed E-state index contributed by atoms with van der Waals surface area (Å²) in [5, 5.41) is 2.76. The molecule has 0 aliphatic carbocycles. The molecule has 1 rings (SSSR count). The average molecular weight is 223 g/mol. The minimum atomic E-state index is -0.120. The number of hydrogen-bond acceptors (Lipinski definition) is 4. The second-order valence-electron chi connectivity index (χ2n) is 3.63. The lowest BCUT2D eigenvalue weighted by Crippen LogP contribution is -2.26. The zero-order valence-corrected chi connectivity index (χ0v) is 9.86. The topological polar surface area (TPSA) is 54.5 Å². The van der Waals surface area contributed by atoms with Gasteiger partial charge in [0.25, 0.3) is 0 Å². The van der Waals surface area contributed by atoms with Crippen molar-refractivity contribution >= 4 is 11.7 Å². The summed E-state index contributed by atoms with van der Waals surface area (Å²) in [5.41, 5.74) is 1.02. The number of amides is 1. The van der Waals surface area contributed by atoms with Crippen LogP contribution in [0.1, 0.15) is 5.56 Å². The standard InChI is InChI=1S/C11H17N3O2/c1-14(2)10-6-9(4-5-12-10)7-13-11(15)8-16-3/h4-6H,7-8H2,1-3H3,(H,13,15). The van der Waals surface area contributed by atoms with Crippen molar-refractivity contribution in [1.82, 2.24) is 10.3 Å². The van der Waals surface area contributed by atoms with E-state index in [1.165, 1.54) is 7.11 Å². The third-order valence-electron chi connectivity index (χ3n) is 2.03. The molecule has 0 aromatic carbocycles. The molecule has 88 valence electrons. The Balaban J connectivity index is 2.54. The maximum Gasteiger partial charge on any atom is 0.246 e. The fraction of sp³-hybridized carbons (Fsp3) is 0.455. The van der Waals surface area contributed by atoms with E-state index in [0.29, 0.717) is 6.54 Å².